The number of aromatic nitrogens is 2. The quantitative estimate of drug-likeness (QED) is 0.0380. The van der Waals surface area contributed by atoms with Gasteiger partial charge in [-0.05, 0) is 57.7 Å². The molecular weight excluding hydrogens is 785 g/mol. The predicted octanol–water partition coefficient (Wildman–Crippen LogP) is 0.149. The lowest BCUT2D eigenvalue weighted by Gasteiger charge is -2.17. The smallest absolute Gasteiger partial charge is 0.270 e. The van der Waals surface area contributed by atoms with Gasteiger partial charge in [-0.25, -0.2) is 13.1 Å². The summed E-state index contributed by atoms with van der Waals surface area (Å²) in [7, 11) is 3.48. The molecule has 0 aliphatic rings. The van der Waals surface area contributed by atoms with Gasteiger partial charge < -0.3 is 45.9 Å². The number of rotatable bonds is 22. The van der Waals surface area contributed by atoms with E-state index in [1.807, 2.05) is 57.0 Å². The molecule has 0 saturated heterocycles. The number of benzene rings is 2. The maximum atomic E-state index is 13.3. The number of nitrogens with zero attached hydrogens (tertiary/aromatic N) is 3. The average Bonchev–Trinajstić information content (AvgIpc) is 3.84. The Labute approximate surface area is 342 Å². The monoisotopic (exact) mass is 836 g/mol. The molecule has 318 valence electrons. The molecule has 0 spiro atoms. The number of aryl methyl sites for hydroxylation is 1. The number of nitrogens with one attached hydrogen (secondary N) is 9. The Morgan fingerprint density at radius 2 is 1.44 bits per heavy atom. The molecule has 2 heterocycles. The third kappa shape index (κ3) is 13.3. The second-order valence-corrected chi connectivity index (χ2v) is 15.5. The van der Waals surface area contributed by atoms with E-state index >= 15 is 0 Å². The van der Waals surface area contributed by atoms with Crippen molar-refractivity contribution in [3.63, 3.8) is 0 Å². The summed E-state index contributed by atoms with van der Waals surface area (Å²) in [5.41, 5.74) is 6.75. The van der Waals surface area contributed by atoms with Crippen LogP contribution in [0.25, 0.3) is 10.8 Å². The molecule has 2 aromatic heterocycles. The van der Waals surface area contributed by atoms with E-state index in [1.165, 1.54) is 24.4 Å². The van der Waals surface area contributed by atoms with E-state index in [0.717, 1.165) is 24.0 Å². The molecule has 0 atom stereocenters. The van der Waals surface area contributed by atoms with E-state index in [4.69, 9.17) is 0 Å². The molecule has 4 aromatic rings. The minimum absolute atomic E-state index is 0.0140. The summed E-state index contributed by atoms with van der Waals surface area (Å²) in [6, 6.07) is 13.2. The summed E-state index contributed by atoms with van der Waals surface area (Å²) in [4.78, 5) is 82.1. The van der Waals surface area contributed by atoms with Crippen molar-refractivity contribution in [1.82, 2.24) is 45.9 Å². The van der Waals surface area contributed by atoms with Crippen molar-refractivity contribution in [2.24, 2.45) is 0 Å². The van der Waals surface area contributed by atoms with Crippen molar-refractivity contribution in [1.29, 1.82) is 0 Å². The van der Waals surface area contributed by atoms with Gasteiger partial charge >= 0.3 is 0 Å². The van der Waals surface area contributed by atoms with Gasteiger partial charge in [0, 0.05) is 56.0 Å². The Morgan fingerprint density at radius 3 is 2.14 bits per heavy atom. The first-order valence-electron chi connectivity index (χ1n) is 18.7. The van der Waals surface area contributed by atoms with Crippen molar-refractivity contribution in [3.05, 3.63) is 72.3 Å². The minimum Gasteiger partial charge on any atom is -0.377 e. The maximum absolute atomic E-state index is 13.3. The van der Waals surface area contributed by atoms with E-state index in [-0.39, 0.29) is 27.9 Å². The molecule has 0 aliphatic carbocycles. The van der Waals surface area contributed by atoms with Gasteiger partial charge in [-0.1, -0.05) is 31.2 Å². The highest BCUT2D eigenvalue weighted by Gasteiger charge is 2.22. The third-order valence-electron chi connectivity index (χ3n) is 8.61. The number of hydrogen-bond acceptors (Lipinski definition) is 11. The second kappa shape index (κ2) is 21.3. The molecule has 9 N–H and O–H groups in total. The second-order valence-electron chi connectivity index (χ2n) is 13.8. The third-order valence-corrected chi connectivity index (χ3v) is 10.1. The van der Waals surface area contributed by atoms with Crippen LogP contribution in [0.1, 0.15) is 40.7 Å². The van der Waals surface area contributed by atoms with Crippen molar-refractivity contribution in [2.45, 2.75) is 31.2 Å². The molecular formula is C38H52N12O8S. The molecule has 0 aliphatic heterocycles. The van der Waals surface area contributed by atoms with Gasteiger partial charge in [-0.3, -0.25) is 39.6 Å². The molecule has 0 radical (unpaired) electrons. The first-order valence-corrected chi connectivity index (χ1v) is 20.2. The highest BCUT2D eigenvalue weighted by molar-refractivity contribution is 7.89. The van der Waals surface area contributed by atoms with E-state index < -0.39 is 65.7 Å². The molecule has 6 amide bonds. The number of sulfonamides is 1. The van der Waals surface area contributed by atoms with Gasteiger partial charge in [0.1, 0.15) is 11.4 Å². The lowest BCUT2D eigenvalue weighted by atomic mass is 10.1. The van der Waals surface area contributed by atoms with E-state index in [0.29, 0.717) is 30.6 Å². The molecule has 59 heavy (non-hydrogen) atoms. The zero-order valence-corrected chi connectivity index (χ0v) is 34.5. The number of carbonyl (C=O) groups excluding carboxylic acids is 6. The number of aromatic amines is 1. The fourth-order valence-electron chi connectivity index (χ4n) is 5.78. The van der Waals surface area contributed by atoms with Crippen LogP contribution in [0.15, 0.2) is 65.8 Å². The summed E-state index contributed by atoms with van der Waals surface area (Å²) in [6.45, 7) is 1.64. The Hall–Kier alpha value is -6.45. The van der Waals surface area contributed by atoms with Crippen LogP contribution in [0, 0.1) is 0 Å². The number of anilines is 3. The number of H-pyrrole nitrogens is 1. The lowest BCUT2D eigenvalue weighted by molar-refractivity contribution is -0.126. The number of carbonyl (C=O) groups is 6. The Kier molecular flexibility index (Phi) is 16.4. The molecule has 0 saturated carbocycles. The average molecular weight is 837 g/mol. The summed E-state index contributed by atoms with van der Waals surface area (Å²) in [5, 5.41) is 13.8. The summed E-state index contributed by atoms with van der Waals surface area (Å²) < 4.78 is 30.4. The van der Waals surface area contributed by atoms with Gasteiger partial charge in [0.25, 0.3) is 17.7 Å². The van der Waals surface area contributed by atoms with Gasteiger partial charge in [0.15, 0.2) is 0 Å². The molecule has 20 nitrogen and oxygen atoms in total. The molecule has 0 fully saturated rings. The van der Waals surface area contributed by atoms with Crippen LogP contribution in [0.2, 0.25) is 0 Å². The van der Waals surface area contributed by atoms with Crippen molar-refractivity contribution in [2.75, 3.05) is 83.1 Å². The summed E-state index contributed by atoms with van der Waals surface area (Å²) in [5.74, 6) is -3.64. The topological polar surface area (TPSA) is 260 Å². The zero-order chi connectivity index (χ0) is 43.1. The van der Waals surface area contributed by atoms with E-state index in [9.17, 15) is 37.2 Å². The van der Waals surface area contributed by atoms with Crippen LogP contribution in [0.3, 0.4) is 0 Å². The van der Waals surface area contributed by atoms with Crippen LogP contribution in [0.5, 0.6) is 0 Å². The van der Waals surface area contributed by atoms with Gasteiger partial charge in [0.2, 0.25) is 27.7 Å². The Bertz CT molecular complexity index is 2250. The van der Waals surface area contributed by atoms with Crippen LogP contribution < -0.4 is 47.1 Å². The van der Waals surface area contributed by atoms with E-state index in [2.05, 4.69) is 47.1 Å². The predicted molar refractivity (Wildman–Crippen MR) is 223 cm³/mol. The fourth-order valence-corrected chi connectivity index (χ4v) is 6.99. The van der Waals surface area contributed by atoms with Crippen LogP contribution in [-0.2, 0) is 35.7 Å². The van der Waals surface area contributed by atoms with Gasteiger partial charge in [-0.15, -0.1) is 0 Å². The van der Waals surface area contributed by atoms with Crippen LogP contribution >= 0.6 is 0 Å². The molecule has 21 heteroatoms. The number of amides is 6. The summed E-state index contributed by atoms with van der Waals surface area (Å²) >= 11 is 0. The van der Waals surface area contributed by atoms with Crippen LogP contribution in [-0.4, -0.2) is 126 Å². The highest BCUT2D eigenvalue weighted by Crippen LogP contribution is 2.30. The molecule has 0 unspecified atom stereocenters. The number of fused-ring (bicyclic) bond motifs is 1. The molecule has 4 rings (SSSR count). The van der Waals surface area contributed by atoms with Crippen molar-refractivity contribution < 1.29 is 37.2 Å². The molecule has 2 aromatic carbocycles. The maximum Gasteiger partial charge on any atom is 0.270 e. The number of hydrazine groups is 1. The first-order chi connectivity index (χ1) is 28.1. The largest absolute Gasteiger partial charge is 0.377 e. The zero-order valence-electron chi connectivity index (χ0n) is 33.7. The normalized spacial score (nSPS) is 11.2. The van der Waals surface area contributed by atoms with E-state index in [1.54, 1.807) is 29.0 Å². The Balaban J connectivity index is 1.21. The van der Waals surface area contributed by atoms with Gasteiger partial charge in [-0.2, -0.15) is 0 Å². The Morgan fingerprint density at radius 1 is 0.763 bits per heavy atom. The standard InChI is InChI=1S/C38H52N12O8S/c1-6-16-50-18-14-28(46-47-35(54)24-44-59(57,58)31-13-8-10-26-27(31)11-7-12-30(26)49(4)5)36(50)38(56)43-22-33(52)41-21-32(51)42-23-34(53)45-25-19-29(40-20-25)37(55)39-15-9-17-48(2)3/h7-8,10-14,18-20,40,44,46H,6,9,15-17,21-24H2,1-5H3,(H,39,55)(H,41,52)(H,42,51)(H,43,56)(H,45,53)(H,47,54). The van der Waals surface area contributed by atoms with Crippen molar-refractivity contribution in [3.8, 4) is 0 Å². The van der Waals surface area contributed by atoms with Crippen molar-refractivity contribution >= 4 is 73.3 Å². The highest BCUT2D eigenvalue weighted by atomic mass is 32.2. The minimum atomic E-state index is -4.10. The van der Waals surface area contributed by atoms with Gasteiger partial charge in [0.05, 0.1) is 42.4 Å². The summed E-state index contributed by atoms with van der Waals surface area (Å²) in [6.07, 6.45) is 4.48. The number of hydrogen-bond donors (Lipinski definition) is 9. The van der Waals surface area contributed by atoms with Crippen LogP contribution in [0.4, 0.5) is 17.1 Å². The first kappa shape index (κ1) is 45.3. The SMILES string of the molecule is CCCn1ccc(NNC(=O)CNS(=O)(=O)c2cccc3c(N(C)C)cccc23)c1C(=O)NCC(=O)NCC(=O)NCC(=O)Nc1c[nH]c(C(=O)NCCCN(C)C)c1. The fraction of sp³-hybridized carbons (Fsp3) is 0.368. The lowest BCUT2D eigenvalue weighted by Crippen LogP contribution is -2.44. The molecule has 0 bridgehead atoms.